The van der Waals surface area contributed by atoms with Gasteiger partial charge in [-0.05, 0) is 70.8 Å². The smallest absolute Gasteiger partial charge is 0.289 e. The lowest BCUT2D eigenvalue weighted by molar-refractivity contribution is -0.138. The van der Waals surface area contributed by atoms with Crippen LogP contribution in [0.15, 0.2) is 106 Å². The topological polar surface area (TPSA) is 17.1 Å². The van der Waals surface area contributed by atoms with Crippen molar-refractivity contribution in [1.82, 2.24) is 0 Å². The molecule has 0 aromatic heterocycles. The zero-order valence-corrected chi connectivity index (χ0v) is 23.3. The first kappa shape index (κ1) is 28.1. The van der Waals surface area contributed by atoms with Gasteiger partial charge in [-0.3, -0.25) is 4.79 Å². The van der Waals surface area contributed by atoms with Gasteiger partial charge in [0, 0.05) is 31.2 Å². The normalized spacial score (nSPS) is 14.3. The molecule has 0 N–H and O–H groups in total. The fourth-order valence-corrected chi connectivity index (χ4v) is 5.19. The van der Waals surface area contributed by atoms with Crippen LogP contribution in [0.3, 0.4) is 0 Å². The lowest BCUT2D eigenvalue weighted by Crippen LogP contribution is -2.06. The van der Waals surface area contributed by atoms with Gasteiger partial charge in [0.15, 0.2) is 5.78 Å². The van der Waals surface area contributed by atoms with Gasteiger partial charge in [0.1, 0.15) is 0 Å². The molecular formula is C31H16Br2F6O. The standard InChI is InChI=1S/C31H16Br2F6O/c32-23-11-7-17(8-12-23)27-25(19-3-1-5-21(15-19)30(34,35)36)26(20-4-2-6-22(16-20)31(37,38)39)28(29(27)40)18-9-13-24(33)14-10-18/h1-16H. The second kappa shape index (κ2) is 10.5. The number of ketones is 1. The third-order valence-corrected chi connectivity index (χ3v) is 7.48. The molecule has 202 valence electrons. The SMILES string of the molecule is O=C1C(c2ccc(Br)cc2)=C(c2cccc(C(F)(F)F)c2)C(c2cccc(C(F)(F)F)c2)=C1c1ccc(Br)cc1. The maximum atomic E-state index is 14.2. The van der Waals surface area contributed by atoms with E-state index in [1.807, 2.05) is 0 Å². The predicted octanol–water partition coefficient (Wildman–Crippen LogP) is 10.4. The molecule has 0 heterocycles. The van der Waals surface area contributed by atoms with Crippen LogP contribution in [0.5, 0.6) is 0 Å². The van der Waals surface area contributed by atoms with Gasteiger partial charge in [-0.15, -0.1) is 0 Å². The van der Waals surface area contributed by atoms with Crippen molar-refractivity contribution >= 4 is 59.9 Å². The van der Waals surface area contributed by atoms with Crippen LogP contribution < -0.4 is 0 Å². The molecule has 0 aliphatic heterocycles. The Bertz CT molecular complexity index is 1550. The minimum Gasteiger partial charge on any atom is -0.289 e. The second-order valence-electron chi connectivity index (χ2n) is 9.00. The van der Waals surface area contributed by atoms with Crippen LogP contribution in [-0.4, -0.2) is 5.78 Å². The van der Waals surface area contributed by atoms with Gasteiger partial charge >= 0.3 is 12.4 Å². The third kappa shape index (κ3) is 5.45. The molecule has 9 heteroatoms. The summed E-state index contributed by atoms with van der Waals surface area (Å²) in [4.78, 5) is 14.2. The molecule has 5 rings (SSSR count). The van der Waals surface area contributed by atoms with Crippen molar-refractivity contribution < 1.29 is 31.1 Å². The fourth-order valence-electron chi connectivity index (χ4n) is 4.67. The Balaban J connectivity index is 1.90. The van der Waals surface area contributed by atoms with Gasteiger partial charge in [0.2, 0.25) is 0 Å². The van der Waals surface area contributed by atoms with Crippen LogP contribution in [0, 0.1) is 0 Å². The van der Waals surface area contributed by atoms with Gasteiger partial charge in [-0.1, -0.05) is 80.4 Å². The van der Waals surface area contributed by atoms with E-state index in [1.165, 1.54) is 24.3 Å². The van der Waals surface area contributed by atoms with Crippen LogP contribution in [-0.2, 0) is 17.1 Å². The van der Waals surface area contributed by atoms with E-state index >= 15 is 0 Å². The molecule has 0 saturated carbocycles. The van der Waals surface area contributed by atoms with E-state index in [4.69, 9.17) is 0 Å². The Kier molecular flexibility index (Phi) is 7.39. The van der Waals surface area contributed by atoms with E-state index in [9.17, 15) is 31.1 Å². The minimum absolute atomic E-state index is 0.0561. The molecule has 0 saturated heterocycles. The molecule has 1 aliphatic rings. The summed E-state index contributed by atoms with van der Waals surface area (Å²) in [7, 11) is 0. The number of carbonyl (C=O) groups is 1. The fraction of sp³-hybridized carbons (Fsp3) is 0.0645. The van der Waals surface area contributed by atoms with E-state index in [2.05, 4.69) is 31.9 Å². The summed E-state index contributed by atoms with van der Waals surface area (Å²) in [5.74, 6) is -0.510. The van der Waals surface area contributed by atoms with Gasteiger partial charge in [0.25, 0.3) is 0 Å². The highest BCUT2D eigenvalue weighted by Gasteiger charge is 2.38. The van der Waals surface area contributed by atoms with E-state index in [0.29, 0.717) is 20.1 Å². The lowest BCUT2D eigenvalue weighted by atomic mass is 9.88. The number of rotatable bonds is 4. The number of halogens is 8. The van der Waals surface area contributed by atoms with Crippen LogP contribution in [0.4, 0.5) is 26.3 Å². The van der Waals surface area contributed by atoms with Gasteiger partial charge in [-0.25, -0.2) is 0 Å². The molecule has 0 fully saturated rings. The van der Waals surface area contributed by atoms with Crippen LogP contribution in [0.25, 0.3) is 22.3 Å². The maximum absolute atomic E-state index is 14.2. The van der Waals surface area contributed by atoms with E-state index in [-0.39, 0.29) is 33.4 Å². The minimum atomic E-state index is -4.68. The summed E-state index contributed by atoms with van der Waals surface area (Å²) in [6, 6.07) is 22.2. The molecule has 0 radical (unpaired) electrons. The molecule has 1 aliphatic carbocycles. The number of carbonyl (C=O) groups excluding carboxylic acids is 1. The molecule has 4 aromatic rings. The monoisotopic (exact) mass is 676 g/mol. The van der Waals surface area contributed by atoms with Crippen molar-refractivity contribution in [2.75, 3.05) is 0 Å². The summed E-state index contributed by atoms with van der Waals surface area (Å²) in [6.07, 6.45) is -9.35. The first-order valence-electron chi connectivity index (χ1n) is 11.8. The molecule has 0 bridgehead atoms. The lowest BCUT2D eigenvalue weighted by Gasteiger charge is -2.17. The Hall–Kier alpha value is -3.43. The quantitative estimate of drug-likeness (QED) is 0.197. The van der Waals surface area contributed by atoms with E-state index in [0.717, 1.165) is 24.3 Å². The predicted molar refractivity (Wildman–Crippen MR) is 150 cm³/mol. The van der Waals surface area contributed by atoms with Gasteiger partial charge in [-0.2, -0.15) is 26.3 Å². The summed E-state index contributed by atoms with van der Waals surface area (Å²) in [6.45, 7) is 0. The Morgan fingerprint density at radius 2 is 0.800 bits per heavy atom. The number of Topliss-reactive ketones (excluding diaryl/α,β-unsaturated/α-hetero) is 1. The molecule has 0 amide bonds. The second-order valence-corrected chi connectivity index (χ2v) is 10.8. The molecule has 0 unspecified atom stereocenters. The van der Waals surface area contributed by atoms with Crippen LogP contribution in [0.1, 0.15) is 33.4 Å². The van der Waals surface area contributed by atoms with E-state index in [1.54, 1.807) is 48.5 Å². The largest absolute Gasteiger partial charge is 0.416 e. The number of allylic oxidation sites excluding steroid dienone is 4. The number of benzene rings is 4. The first-order valence-corrected chi connectivity index (χ1v) is 13.3. The highest BCUT2D eigenvalue weighted by Crippen LogP contribution is 2.51. The summed E-state index contributed by atoms with van der Waals surface area (Å²) in [5.41, 5.74) is -0.516. The third-order valence-electron chi connectivity index (χ3n) is 6.43. The number of hydrogen-bond donors (Lipinski definition) is 0. The molecule has 1 nitrogen and oxygen atoms in total. The van der Waals surface area contributed by atoms with Crippen LogP contribution in [0.2, 0.25) is 0 Å². The summed E-state index contributed by atoms with van der Waals surface area (Å²) < 4.78 is 83.9. The van der Waals surface area contributed by atoms with Crippen LogP contribution >= 0.6 is 31.9 Å². The van der Waals surface area contributed by atoms with Gasteiger partial charge in [0.05, 0.1) is 11.1 Å². The summed E-state index contributed by atoms with van der Waals surface area (Å²) in [5, 5.41) is 0. The molecule has 40 heavy (non-hydrogen) atoms. The van der Waals surface area contributed by atoms with Crippen molar-refractivity contribution in [1.29, 1.82) is 0 Å². The summed E-state index contributed by atoms with van der Waals surface area (Å²) >= 11 is 6.69. The highest BCUT2D eigenvalue weighted by atomic mass is 79.9. The number of hydrogen-bond acceptors (Lipinski definition) is 1. The van der Waals surface area contributed by atoms with Crippen molar-refractivity contribution in [2.45, 2.75) is 12.4 Å². The Morgan fingerprint density at radius 3 is 1.12 bits per heavy atom. The van der Waals surface area contributed by atoms with Crippen molar-refractivity contribution in [3.05, 3.63) is 139 Å². The van der Waals surface area contributed by atoms with Crippen molar-refractivity contribution in [3.63, 3.8) is 0 Å². The zero-order chi connectivity index (χ0) is 28.8. The average Bonchev–Trinajstić information content (AvgIpc) is 3.21. The molecule has 0 spiro atoms. The Morgan fingerprint density at radius 1 is 0.450 bits per heavy atom. The van der Waals surface area contributed by atoms with Crippen molar-refractivity contribution in [3.8, 4) is 0 Å². The molecular weight excluding hydrogens is 662 g/mol. The van der Waals surface area contributed by atoms with E-state index < -0.39 is 29.3 Å². The number of alkyl halides is 6. The average molecular weight is 678 g/mol. The maximum Gasteiger partial charge on any atom is 0.416 e. The molecule has 4 aromatic carbocycles. The highest BCUT2D eigenvalue weighted by molar-refractivity contribution is 9.10. The molecule has 0 atom stereocenters. The van der Waals surface area contributed by atoms with Crippen molar-refractivity contribution in [2.24, 2.45) is 0 Å². The van der Waals surface area contributed by atoms with Gasteiger partial charge < -0.3 is 0 Å². The first-order chi connectivity index (χ1) is 18.8. The zero-order valence-electron chi connectivity index (χ0n) is 20.2. The Labute approximate surface area is 242 Å².